The number of fused-ring (bicyclic) bond motifs is 1. The zero-order valence-corrected chi connectivity index (χ0v) is 18.7. The first-order chi connectivity index (χ1) is 16.2. The van der Waals surface area contributed by atoms with Gasteiger partial charge >= 0.3 is 0 Å². The van der Waals surface area contributed by atoms with E-state index in [1.165, 1.54) is 6.07 Å². The van der Waals surface area contributed by atoms with Crippen LogP contribution in [0.4, 0.5) is 20.2 Å². The molecule has 2 aliphatic rings. The van der Waals surface area contributed by atoms with Crippen molar-refractivity contribution in [3.8, 4) is 11.5 Å². The molecule has 2 aromatic carbocycles. The number of aromatic hydroxyl groups is 1. The standard InChI is InChI=1S/C26H24F2N2O4/c1-26(2)11-18-23(20(32)12-26)25(29-17-4-3-5-19(31)24(17)30-18)22-9-7-15(34-22)13-33-21-8-6-14(27)10-16(21)28/h3-10,25,29-31H,11-13H2,1-2H3. The smallest absolute Gasteiger partial charge is 0.167 e. The molecule has 176 valence electrons. The molecule has 1 aliphatic heterocycles. The van der Waals surface area contributed by atoms with Crippen molar-refractivity contribution in [1.29, 1.82) is 0 Å². The van der Waals surface area contributed by atoms with Crippen molar-refractivity contribution in [2.75, 3.05) is 10.6 Å². The number of ketones is 1. The Hall–Kier alpha value is -3.81. The van der Waals surface area contributed by atoms with Crippen LogP contribution in [-0.2, 0) is 11.4 Å². The highest BCUT2D eigenvalue weighted by Gasteiger charge is 2.40. The number of furan rings is 1. The van der Waals surface area contributed by atoms with Gasteiger partial charge in [0.1, 0.15) is 41.4 Å². The zero-order chi connectivity index (χ0) is 24.0. The lowest BCUT2D eigenvalue weighted by Crippen LogP contribution is -2.31. The molecule has 5 rings (SSSR count). The first-order valence-electron chi connectivity index (χ1n) is 11.0. The molecule has 1 unspecified atom stereocenters. The minimum atomic E-state index is -0.801. The van der Waals surface area contributed by atoms with E-state index < -0.39 is 17.7 Å². The van der Waals surface area contributed by atoms with E-state index >= 15 is 0 Å². The summed E-state index contributed by atoms with van der Waals surface area (Å²) in [6, 6.07) is 11.0. The third-order valence-electron chi connectivity index (χ3n) is 6.06. The van der Waals surface area contributed by atoms with Crippen LogP contribution in [0.15, 0.2) is 64.2 Å². The molecule has 0 amide bonds. The first kappa shape index (κ1) is 22.0. The highest BCUT2D eigenvalue weighted by Crippen LogP contribution is 2.47. The largest absolute Gasteiger partial charge is 0.506 e. The number of benzene rings is 2. The summed E-state index contributed by atoms with van der Waals surface area (Å²) in [6.07, 6.45) is 1.01. The van der Waals surface area contributed by atoms with Crippen LogP contribution in [0, 0.1) is 17.0 Å². The summed E-state index contributed by atoms with van der Waals surface area (Å²) in [6.45, 7) is 4.00. The molecule has 0 saturated heterocycles. The summed E-state index contributed by atoms with van der Waals surface area (Å²) in [5.74, 6) is -0.611. The molecule has 8 heteroatoms. The minimum absolute atomic E-state index is 0.00821. The Balaban J connectivity index is 1.48. The van der Waals surface area contributed by atoms with Crippen LogP contribution in [0.2, 0.25) is 0 Å². The third kappa shape index (κ3) is 4.11. The highest BCUT2D eigenvalue weighted by molar-refractivity contribution is 6.01. The van der Waals surface area contributed by atoms with Crippen LogP contribution in [0.25, 0.3) is 0 Å². The molecule has 3 aromatic rings. The Morgan fingerprint density at radius 1 is 1.15 bits per heavy atom. The molecule has 3 N–H and O–H groups in total. The van der Waals surface area contributed by atoms with Crippen LogP contribution in [0.5, 0.6) is 11.5 Å². The maximum Gasteiger partial charge on any atom is 0.167 e. The van der Waals surface area contributed by atoms with E-state index in [1.807, 2.05) is 19.9 Å². The summed E-state index contributed by atoms with van der Waals surface area (Å²) in [5, 5.41) is 17.1. The summed E-state index contributed by atoms with van der Waals surface area (Å²) < 4.78 is 38.5. The van der Waals surface area contributed by atoms with Gasteiger partial charge in [0, 0.05) is 23.8 Å². The second-order valence-corrected chi connectivity index (χ2v) is 9.40. The zero-order valence-electron chi connectivity index (χ0n) is 18.7. The van der Waals surface area contributed by atoms with E-state index in [0.717, 1.165) is 17.8 Å². The minimum Gasteiger partial charge on any atom is -0.506 e. The van der Waals surface area contributed by atoms with Crippen LogP contribution < -0.4 is 15.4 Å². The van der Waals surface area contributed by atoms with E-state index in [-0.39, 0.29) is 29.3 Å². The predicted molar refractivity (Wildman–Crippen MR) is 123 cm³/mol. The van der Waals surface area contributed by atoms with E-state index in [9.17, 15) is 18.7 Å². The first-order valence-corrected chi connectivity index (χ1v) is 11.0. The van der Waals surface area contributed by atoms with Gasteiger partial charge < -0.3 is 24.9 Å². The van der Waals surface area contributed by atoms with E-state index in [2.05, 4.69) is 10.6 Å². The topological polar surface area (TPSA) is 83.7 Å². The maximum atomic E-state index is 13.9. The number of carbonyl (C=O) groups is 1. The van der Waals surface area contributed by atoms with Crippen molar-refractivity contribution in [3.05, 3.63) is 83.0 Å². The van der Waals surface area contributed by atoms with Gasteiger partial charge in [-0.2, -0.15) is 0 Å². The number of carbonyl (C=O) groups excluding carboxylic acids is 1. The number of rotatable bonds is 4. The average Bonchev–Trinajstić information content (AvgIpc) is 3.15. The van der Waals surface area contributed by atoms with Gasteiger partial charge in [-0.3, -0.25) is 4.79 Å². The number of ether oxygens (including phenoxy) is 1. The van der Waals surface area contributed by atoms with Crippen molar-refractivity contribution in [2.45, 2.75) is 39.3 Å². The molecule has 1 aromatic heterocycles. The molecular formula is C26H24F2N2O4. The number of hydrogen-bond acceptors (Lipinski definition) is 6. The number of hydrogen-bond donors (Lipinski definition) is 3. The van der Waals surface area contributed by atoms with Gasteiger partial charge in [0.05, 0.1) is 5.69 Å². The number of halogens is 2. The lowest BCUT2D eigenvalue weighted by molar-refractivity contribution is -0.118. The Kier molecular flexibility index (Phi) is 5.31. The van der Waals surface area contributed by atoms with E-state index in [0.29, 0.717) is 41.3 Å². The van der Waals surface area contributed by atoms with Gasteiger partial charge in [-0.1, -0.05) is 19.9 Å². The predicted octanol–water partition coefficient (Wildman–Crippen LogP) is 6.06. The fraction of sp³-hybridized carbons (Fsp3) is 0.269. The van der Waals surface area contributed by atoms with Gasteiger partial charge in [0.15, 0.2) is 17.3 Å². The lowest BCUT2D eigenvalue weighted by atomic mass is 9.74. The quantitative estimate of drug-likeness (QED) is 0.405. The van der Waals surface area contributed by atoms with Crippen LogP contribution in [0.1, 0.15) is 44.3 Å². The molecule has 1 aliphatic carbocycles. The molecule has 2 heterocycles. The van der Waals surface area contributed by atoms with Crippen LogP contribution in [-0.4, -0.2) is 10.9 Å². The molecular weight excluding hydrogens is 442 g/mol. The molecule has 0 bridgehead atoms. The monoisotopic (exact) mass is 466 g/mol. The van der Waals surface area contributed by atoms with Crippen LogP contribution in [0.3, 0.4) is 0 Å². The fourth-order valence-corrected chi connectivity index (χ4v) is 4.53. The van der Waals surface area contributed by atoms with Gasteiger partial charge in [-0.25, -0.2) is 8.78 Å². The maximum absolute atomic E-state index is 13.9. The number of nitrogens with one attached hydrogen (secondary N) is 2. The number of phenolic OH excluding ortho intramolecular Hbond substituents is 1. The second kappa shape index (κ2) is 8.20. The van der Waals surface area contributed by atoms with Crippen molar-refractivity contribution in [1.82, 2.24) is 0 Å². The average molecular weight is 466 g/mol. The summed E-state index contributed by atoms with van der Waals surface area (Å²) in [7, 11) is 0. The third-order valence-corrected chi connectivity index (χ3v) is 6.06. The Morgan fingerprint density at radius 2 is 1.97 bits per heavy atom. The SMILES string of the molecule is CC1(C)CC(=O)C2=C(C1)Nc1c(O)cccc1NC2c1ccc(COc2ccc(F)cc2F)o1. The van der Waals surface area contributed by atoms with Crippen molar-refractivity contribution in [2.24, 2.45) is 5.41 Å². The van der Waals surface area contributed by atoms with Crippen molar-refractivity contribution >= 4 is 17.2 Å². The van der Waals surface area contributed by atoms with Gasteiger partial charge in [0.2, 0.25) is 0 Å². The van der Waals surface area contributed by atoms with Crippen LogP contribution >= 0.6 is 0 Å². The normalized spacial score (nSPS) is 18.9. The number of Topliss-reactive ketones (excluding diaryl/α,β-unsaturated/α-hetero) is 1. The highest BCUT2D eigenvalue weighted by atomic mass is 19.1. The summed E-state index contributed by atoms with van der Waals surface area (Å²) >= 11 is 0. The number of phenols is 1. The van der Waals surface area contributed by atoms with E-state index in [1.54, 1.807) is 24.3 Å². The fourth-order valence-electron chi connectivity index (χ4n) is 4.53. The lowest BCUT2D eigenvalue weighted by Gasteiger charge is -2.33. The summed E-state index contributed by atoms with van der Waals surface area (Å²) in [5.41, 5.74) is 2.20. The van der Waals surface area contributed by atoms with Gasteiger partial charge in [0.25, 0.3) is 0 Å². The van der Waals surface area contributed by atoms with Crippen molar-refractivity contribution < 1.29 is 27.8 Å². The second-order valence-electron chi connectivity index (χ2n) is 9.40. The molecule has 0 spiro atoms. The van der Waals surface area contributed by atoms with E-state index in [4.69, 9.17) is 9.15 Å². The Labute approximate surface area is 195 Å². The van der Waals surface area contributed by atoms with Crippen molar-refractivity contribution in [3.63, 3.8) is 0 Å². The molecule has 0 fully saturated rings. The molecule has 1 atom stereocenters. The number of para-hydroxylation sites is 1. The molecule has 0 radical (unpaired) electrons. The number of allylic oxidation sites excluding steroid dienone is 1. The Morgan fingerprint density at radius 3 is 2.76 bits per heavy atom. The molecule has 34 heavy (non-hydrogen) atoms. The van der Waals surface area contributed by atoms with Gasteiger partial charge in [-0.15, -0.1) is 0 Å². The number of anilines is 2. The van der Waals surface area contributed by atoms with Gasteiger partial charge in [-0.05, 0) is 48.2 Å². The Bertz CT molecular complexity index is 1310. The summed E-state index contributed by atoms with van der Waals surface area (Å²) in [4.78, 5) is 13.3. The molecule has 0 saturated carbocycles. The molecule has 6 nitrogen and oxygen atoms in total.